The predicted molar refractivity (Wildman–Crippen MR) is 87.5 cm³/mol. The number of benzene rings is 2. The van der Waals surface area contributed by atoms with E-state index in [2.05, 4.69) is 5.32 Å². The van der Waals surface area contributed by atoms with Gasteiger partial charge < -0.3 is 4.74 Å². The van der Waals surface area contributed by atoms with E-state index >= 15 is 0 Å². The molecular formula is C17H14N2O6. The van der Waals surface area contributed by atoms with E-state index in [1.165, 1.54) is 43.3 Å². The van der Waals surface area contributed by atoms with Gasteiger partial charge in [0.25, 0.3) is 11.6 Å². The number of para-hydroxylation sites is 1. The van der Waals surface area contributed by atoms with Crippen LogP contribution in [0.1, 0.15) is 27.6 Å². The van der Waals surface area contributed by atoms with Crippen molar-refractivity contribution in [3.8, 4) is 5.75 Å². The van der Waals surface area contributed by atoms with Gasteiger partial charge in [0.15, 0.2) is 12.4 Å². The topological polar surface area (TPSA) is 116 Å². The number of nitro benzene ring substituents is 1. The molecule has 25 heavy (non-hydrogen) atoms. The molecule has 0 unspecified atom stereocenters. The zero-order chi connectivity index (χ0) is 18.4. The second-order valence-corrected chi connectivity index (χ2v) is 5.02. The fraction of sp³-hybridized carbons (Fsp3) is 0.118. The number of Topliss-reactive ketones (excluding diaryl/α,β-unsaturated/α-hetero) is 1. The third kappa shape index (κ3) is 4.71. The van der Waals surface area contributed by atoms with Gasteiger partial charge in [-0.2, -0.15) is 0 Å². The molecule has 0 saturated heterocycles. The Labute approximate surface area is 142 Å². The van der Waals surface area contributed by atoms with Gasteiger partial charge in [0, 0.05) is 24.6 Å². The molecule has 2 rings (SSSR count). The van der Waals surface area contributed by atoms with Crippen LogP contribution < -0.4 is 10.1 Å². The molecule has 0 radical (unpaired) electrons. The lowest BCUT2D eigenvalue weighted by Gasteiger charge is -2.10. The maximum absolute atomic E-state index is 12.1. The molecule has 0 atom stereocenters. The number of hydrogen-bond donors (Lipinski definition) is 1. The van der Waals surface area contributed by atoms with Crippen molar-refractivity contribution in [2.45, 2.75) is 6.92 Å². The fourth-order valence-corrected chi connectivity index (χ4v) is 2.00. The molecule has 0 aliphatic heterocycles. The smallest absolute Gasteiger partial charge is 0.269 e. The number of ether oxygens (including phenoxy) is 1. The van der Waals surface area contributed by atoms with Crippen LogP contribution in [0, 0.1) is 10.1 Å². The fourth-order valence-electron chi connectivity index (χ4n) is 2.00. The summed E-state index contributed by atoms with van der Waals surface area (Å²) in [5.74, 6) is -1.40. The molecule has 0 aromatic heterocycles. The van der Waals surface area contributed by atoms with Crippen LogP contribution in [-0.4, -0.2) is 29.1 Å². The normalized spacial score (nSPS) is 9.96. The van der Waals surface area contributed by atoms with Gasteiger partial charge in [0.1, 0.15) is 5.75 Å². The Kier molecular flexibility index (Phi) is 5.57. The number of amides is 2. The highest BCUT2D eigenvalue weighted by atomic mass is 16.6. The number of carbonyl (C=O) groups is 3. The van der Waals surface area contributed by atoms with E-state index in [9.17, 15) is 24.5 Å². The van der Waals surface area contributed by atoms with Crippen molar-refractivity contribution in [3.63, 3.8) is 0 Å². The van der Waals surface area contributed by atoms with Crippen LogP contribution in [0.2, 0.25) is 0 Å². The molecule has 0 bridgehead atoms. The summed E-state index contributed by atoms with van der Waals surface area (Å²) >= 11 is 0. The average Bonchev–Trinajstić information content (AvgIpc) is 2.59. The van der Waals surface area contributed by atoms with Crippen LogP contribution in [0.25, 0.3) is 0 Å². The minimum absolute atomic E-state index is 0.120. The lowest BCUT2D eigenvalue weighted by Crippen LogP contribution is -2.28. The summed E-state index contributed by atoms with van der Waals surface area (Å²) in [6.07, 6.45) is 0. The Morgan fingerprint density at radius 1 is 1.08 bits per heavy atom. The summed E-state index contributed by atoms with van der Waals surface area (Å²) in [5, 5.41) is 12.7. The Balaban J connectivity index is 2.08. The number of rotatable bonds is 6. The van der Waals surface area contributed by atoms with Crippen LogP contribution in [0.15, 0.2) is 48.5 Å². The van der Waals surface area contributed by atoms with Crippen molar-refractivity contribution >= 4 is 23.3 Å². The Morgan fingerprint density at radius 2 is 1.72 bits per heavy atom. The molecule has 2 aromatic carbocycles. The molecule has 1 N–H and O–H groups in total. The summed E-state index contributed by atoms with van der Waals surface area (Å²) in [5.41, 5.74) is 0.245. The number of nitro groups is 1. The predicted octanol–water partition coefficient (Wildman–Crippen LogP) is 2.13. The molecule has 0 saturated carbocycles. The van der Waals surface area contributed by atoms with Gasteiger partial charge in [-0.1, -0.05) is 12.1 Å². The van der Waals surface area contributed by atoms with Crippen molar-refractivity contribution in [3.05, 3.63) is 69.8 Å². The largest absolute Gasteiger partial charge is 0.485 e. The van der Waals surface area contributed by atoms with E-state index in [-0.39, 0.29) is 29.2 Å². The second-order valence-electron chi connectivity index (χ2n) is 5.02. The molecule has 0 fully saturated rings. The summed E-state index contributed by atoms with van der Waals surface area (Å²) in [7, 11) is 0. The lowest BCUT2D eigenvalue weighted by atomic mass is 10.1. The van der Waals surface area contributed by atoms with Crippen molar-refractivity contribution in [2.75, 3.05) is 6.61 Å². The minimum Gasteiger partial charge on any atom is -0.485 e. The summed E-state index contributed by atoms with van der Waals surface area (Å²) in [6.45, 7) is 0.849. The number of imide groups is 1. The number of hydrogen-bond acceptors (Lipinski definition) is 6. The molecular weight excluding hydrogens is 328 g/mol. The third-order valence-corrected chi connectivity index (χ3v) is 3.18. The zero-order valence-corrected chi connectivity index (χ0v) is 13.2. The number of non-ortho nitro benzene ring substituents is 1. The summed E-state index contributed by atoms with van der Waals surface area (Å²) < 4.78 is 5.38. The van der Waals surface area contributed by atoms with E-state index in [0.717, 1.165) is 0 Å². The summed E-state index contributed by atoms with van der Waals surface area (Å²) in [4.78, 5) is 45.1. The molecule has 0 aliphatic rings. The molecule has 8 nitrogen and oxygen atoms in total. The van der Waals surface area contributed by atoms with E-state index in [1.807, 2.05) is 0 Å². The van der Waals surface area contributed by atoms with Gasteiger partial charge in [0.2, 0.25) is 5.91 Å². The van der Waals surface area contributed by atoms with Gasteiger partial charge in [-0.15, -0.1) is 0 Å². The van der Waals surface area contributed by atoms with Crippen molar-refractivity contribution in [2.24, 2.45) is 0 Å². The maximum Gasteiger partial charge on any atom is 0.269 e. The zero-order valence-electron chi connectivity index (χ0n) is 13.2. The first-order valence-electron chi connectivity index (χ1n) is 7.20. The number of ketones is 1. The van der Waals surface area contributed by atoms with E-state index in [0.29, 0.717) is 0 Å². The van der Waals surface area contributed by atoms with Crippen LogP contribution in [0.5, 0.6) is 5.75 Å². The number of carbonyl (C=O) groups excluding carboxylic acids is 3. The SMILES string of the molecule is CC(=O)NC(=O)c1ccccc1OCC(=O)c1ccc([N+](=O)[O-])cc1. The molecule has 2 amide bonds. The highest BCUT2D eigenvalue weighted by molar-refractivity contribution is 6.05. The van der Waals surface area contributed by atoms with Crippen molar-refractivity contribution in [1.29, 1.82) is 0 Å². The molecule has 0 heterocycles. The molecule has 128 valence electrons. The van der Waals surface area contributed by atoms with Crippen molar-refractivity contribution < 1.29 is 24.0 Å². The van der Waals surface area contributed by atoms with Gasteiger partial charge in [0.05, 0.1) is 10.5 Å². The monoisotopic (exact) mass is 342 g/mol. The van der Waals surface area contributed by atoms with Crippen LogP contribution in [-0.2, 0) is 4.79 Å². The first kappa shape index (κ1) is 17.8. The summed E-state index contributed by atoms with van der Waals surface area (Å²) in [6, 6.07) is 11.3. The Hall–Kier alpha value is -3.55. The maximum atomic E-state index is 12.1. The Morgan fingerprint density at radius 3 is 2.32 bits per heavy atom. The molecule has 0 aliphatic carbocycles. The standard InChI is InChI=1S/C17H14N2O6/c1-11(20)18-17(22)14-4-2-3-5-16(14)25-10-15(21)12-6-8-13(9-7-12)19(23)24/h2-9H,10H2,1H3,(H,18,20,22). The highest BCUT2D eigenvalue weighted by Crippen LogP contribution is 2.19. The second kappa shape index (κ2) is 7.82. The molecule has 0 spiro atoms. The minimum atomic E-state index is -0.633. The van der Waals surface area contributed by atoms with Gasteiger partial charge in [-0.05, 0) is 24.3 Å². The van der Waals surface area contributed by atoms with E-state index < -0.39 is 22.5 Å². The number of nitrogens with zero attached hydrogens (tertiary/aromatic N) is 1. The lowest BCUT2D eigenvalue weighted by molar-refractivity contribution is -0.384. The number of nitrogens with one attached hydrogen (secondary N) is 1. The highest BCUT2D eigenvalue weighted by Gasteiger charge is 2.15. The van der Waals surface area contributed by atoms with Gasteiger partial charge in [-0.3, -0.25) is 29.8 Å². The van der Waals surface area contributed by atoms with Crippen LogP contribution in [0.3, 0.4) is 0 Å². The average molecular weight is 342 g/mol. The van der Waals surface area contributed by atoms with E-state index in [4.69, 9.17) is 4.74 Å². The molecule has 8 heteroatoms. The molecule has 2 aromatic rings. The van der Waals surface area contributed by atoms with Crippen LogP contribution >= 0.6 is 0 Å². The first-order valence-corrected chi connectivity index (χ1v) is 7.20. The quantitative estimate of drug-likeness (QED) is 0.488. The Bertz CT molecular complexity index is 829. The van der Waals surface area contributed by atoms with E-state index in [1.54, 1.807) is 12.1 Å². The van der Waals surface area contributed by atoms with Crippen molar-refractivity contribution in [1.82, 2.24) is 5.32 Å². The van der Waals surface area contributed by atoms with Crippen LogP contribution in [0.4, 0.5) is 5.69 Å². The van der Waals surface area contributed by atoms with Gasteiger partial charge in [-0.25, -0.2) is 0 Å². The third-order valence-electron chi connectivity index (χ3n) is 3.18. The van der Waals surface area contributed by atoms with Gasteiger partial charge >= 0.3 is 0 Å². The first-order chi connectivity index (χ1) is 11.9.